The van der Waals surface area contributed by atoms with Crippen LogP contribution in [0.1, 0.15) is 20.3 Å². The molecule has 0 unspecified atom stereocenters. The van der Waals surface area contributed by atoms with Crippen molar-refractivity contribution in [3.8, 4) is 11.5 Å². The van der Waals surface area contributed by atoms with Gasteiger partial charge in [-0.15, -0.1) is 0 Å². The van der Waals surface area contributed by atoms with Crippen LogP contribution in [0.2, 0.25) is 0 Å². The third-order valence-corrected chi connectivity index (χ3v) is 2.18. The van der Waals surface area contributed by atoms with E-state index in [4.69, 9.17) is 5.11 Å². The molecule has 0 aromatic heterocycles. The average Bonchev–Trinajstić information content (AvgIpc) is 2.13. The van der Waals surface area contributed by atoms with Gasteiger partial charge in [0.1, 0.15) is 0 Å². The van der Waals surface area contributed by atoms with Gasteiger partial charge in [-0.05, 0) is 0 Å². The normalized spacial score (nSPS) is 11.7. The van der Waals surface area contributed by atoms with Crippen molar-refractivity contribution in [2.24, 2.45) is 5.92 Å². The molecular weight excluding hydrogens is 236 g/mol. The summed E-state index contributed by atoms with van der Waals surface area (Å²) in [4.78, 5) is 11.8. The Bertz CT molecular complexity index is 394. The van der Waals surface area contributed by atoms with Crippen LogP contribution in [-0.2, 0) is 13.9 Å². The number of carbonyl (C=O) groups is 1. The molecular formula is C8H11NO4P2. The van der Waals surface area contributed by atoms with Crippen molar-refractivity contribution in [1.29, 1.82) is 0 Å². The fourth-order valence-corrected chi connectivity index (χ4v) is 1.65. The van der Waals surface area contributed by atoms with Crippen LogP contribution in [-0.4, -0.2) is 22.0 Å². The molecule has 0 amide bonds. The zero-order valence-corrected chi connectivity index (χ0v) is 10.2. The second kappa shape index (κ2) is 7.70. The molecule has 7 heteroatoms. The molecule has 0 aliphatic rings. The molecule has 82 valence electrons. The summed E-state index contributed by atoms with van der Waals surface area (Å²) in [6.45, 7) is 3.72. The van der Waals surface area contributed by atoms with Crippen molar-refractivity contribution in [3.05, 3.63) is 0 Å². The molecule has 0 aliphatic heterocycles. The van der Waals surface area contributed by atoms with E-state index in [-0.39, 0.29) is 5.92 Å². The number of carboxylic acids is 1. The predicted molar refractivity (Wildman–Crippen MR) is 55.7 cm³/mol. The van der Waals surface area contributed by atoms with E-state index in [1.54, 1.807) is 0 Å². The van der Waals surface area contributed by atoms with Crippen molar-refractivity contribution in [2.75, 3.05) is 0 Å². The van der Waals surface area contributed by atoms with E-state index in [1.807, 2.05) is 13.8 Å². The average molecular weight is 247 g/mol. The summed E-state index contributed by atoms with van der Waals surface area (Å²) in [6.07, 6.45) is 0.334. The molecule has 0 aliphatic carbocycles. The van der Waals surface area contributed by atoms with E-state index >= 15 is 0 Å². The molecule has 15 heavy (non-hydrogen) atoms. The summed E-state index contributed by atoms with van der Waals surface area (Å²) in [7, 11) is -0.934. The fraction of sp³-hybridized carbons (Fsp3) is 0.625. The second-order valence-corrected chi connectivity index (χ2v) is 4.00. The molecule has 0 saturated heterocycles. The quantitative estimate of drug-likeness (QED) is 0.608. The Labute approximate surface area is 90.1 Å². The minimum atomic E-state index is -1.09. The first-order valence-corrected chi connectivity index (χ1v) is 5.83. The third-order valence-electron chi connectivity index (χ3n) is 1.59. The summed E-state index contributed by atoms with van der Waals surface area (Å²) in [5, 5.41) is 8.91. The van der Waals surface area contributed by atoms with Gasteiger partial charge in [-0.25, -0.2) is 0 Å². The summed E-state index contributed by atoms with van der Waals surface area (Å²) in [5.41, 5.74) is 0. The van der Waals surface area contributed by atoms with Crippen LogP contribution in [0.4, 0.5) is 0 Å². The molecule has 0 rings (SSSR count). The van der Waals surface area contributed by atoms with Gasteiger partial charge in [0, 0.05) is 0 Å². The van der Waals surface area contributed by atoms with E-state index in [0.29, 0.717) is 6.42 Å². The first-order chi connectivity index (χ1) is 7.02. The molecule has 0 aromatic rings. The molecule has 1 N–H and O–H groups in total. The molecule has 5 nitrogen and oxygen atoms in total. The zero-order chi connectivity index (χ0) is 11.8. The first kappa shape index (κ1) is 14.5. The van der Waals surface area contributed by atoms with Crippen molar-refractivity contribution >= 4 is 21.8 Å². The van der Waals surface area contributed by atoms with Gasteiger partial charge in [-0.2, -0.15) is 0 Å². The molecule has 1 atom stereocenters. The summed E-state index contributed by atoms with van der Waals surface area (Å²) in [5.74, 6) is 3.50. The van der Waals surface area contributed by atoms with E-state index in [2.05, 4.69) is 11.5 Å². The summed E-state index contributed by atoms with van der Waals surface area (Å²) < 4.78 is 20.6. The minimum absolute atomic E-state index is 0.142. The molecule has 0 bridgehead atoms. The topological polar surface area (TPSA) is 74.7 Å². The molecule has 0 radical (unpaired) electrons. The van der Waals surface area contributed by atoms with Gasteiger partial charge < -0.3 is 0 Å². The molecule has 0 fully saturated rings. The van der Waals surface area contributed by atoms with Crippen molar-refractivity contribution < 1.29 is 19.0 Å². The predicted octanol–water partition coefficient (Wildman–Crippen LogP) is 2.20. The van der Waals surface area contributed by atoms with Gasteiger partial charge in [0.2, 0.25) is 0 Å². The van der Waals surface area contributed by atoms with Gasteiger partial charge in [0.25, 0.3) is 0 Å². The molecule has 0 spiro atoms. The molecule has 0 aromatic carbocycles. The number of aliphatic carboxylic acids is 1. The van der Waals surface area contributed by atoms with Crippen LogP contribution in [0.3, 0.4) is 0 Å². The first-order valence-electron chi connectivity index (χ1n) is 4.21. The third kappa shape index (κ3) is 5.79. The Balaban J connectivity index is 5.02. The number of carboxylic acid groups (broad SMARTS) is 1. The Morgan fingerprint density at radius 2 is 1.80 bits per heavy atom. The number of rotatable bonds is 4. The van der Waals surface area contributed by atoms with E-state index in [0.717, 1.165) is 4.90 Å². The van der Waals surface area contributed by atoms with Gasteiger partial charge in [-0.3, -0.25) is 0 Å². The van der Waals surface area contributed by atoms with E-state index in [9.17, 15) is 13.9 Å². The Kier molecular flexibility index (Phi) is 7.42. The fourth-order valence-electron chi connectivity index (χ4n) is 1.01. The number of nitrogens with zero attached hydrogens (tertiary/aromatic N) is 1. The van der Waals surface area contributed by atoms with Gasteiger partial charge in [0.05, 0.1) is 0 Å². The number of hydrogen-bond donors (Lipinski definition) is 1. The van der Waals surface area contributed by atoms with Crippen LogP contribution in [0.25, 0.3) is 0 Å². The Morgan fingerprint density at radius 3 is 2.07 bits per heavy atom. The maximum atomic E-state index is 10.9. The molecule has 0 saturated carbocycles. The monoisotopic (exact) mass is 247 g/mol. The van der Waals surface area contributed by atoms with Crippen LogP contribution in [0.5, 0.6) is 0 Å². The van der Waals surface area contributed by atoms with Crippen molar-refractivity contribution in [2.45, 2.75) is 26.3 Å². The number of hydrogen-bond acceptors (Lipinski definition) is 4. The van der Waals surface area contributed by atoms with Gasteiger partial charge >= 0.3 is 89.5 Å². The van der Waals surface area contributed by atoms with Crippen LogP contribution < -0.4 is 0 Å². The summed E-state index contributed by atoms with van der Waals surface area (Å²) in [6, 6.07) is -0.937. The van der Waals surface area contributed by atoms with Crippen LogP contribution >= 0.6 is 15.8 Å². The summed E-state index contributed by atoms with van der Waals surface area (Å²) >= 11 is 0. The van der Waals surface area contributed by atoms with Gasteiger partial charge in [0.15, 0.2) is 0 Å². The van der Waals surface area contributed by atoms with E-state index < -0.39 is 27.8 Å². The Morgan fingerprint density at radius 1 is 1.33 bits per heavy atom. The van der Waals surface area contributed by atoms with Crippen LogP contribution in [0.15, 0.2) is 0 Å². The standard InChI is InChI=1S/C8H11NO4P2/c1-6(2)3-7(8(10)11)9(4-14-12)5-15-13/h6-7H,3H2,1-2H3,(H,10,11)/t7-/m0/s1. The van der Waals surface area contributed by atoms with Gasteiger partial charge in [-0.1, -0.05) is 0 Å². The zero-order valence-electron chi connectivity index (χ0n) is 8.38. The molecule has 0 heterocycles. The van der Waals surface area contributed by atoms with E-state index in [1.165, 1.54) is 0 Å². The van der Waals surface area contributed by atoms with Crippen molar-refractivity contribution in [1.82, 2.24) is 4.90 Å². The SMILES string of the molecule is CC(C)C[C@@H](C(=O)O)N(C#P=O)C#P=O. The van der Waals surface area contributed by atoms with Crippen LogP contribution in [0, 0.1) is 17.4 Å². The van der Waals surface area contributed by atoms with Crippen molar-refractivity contribution in [3.63, 3.8) is 0 Å². The maximum absolute atomic E-state index is 10.9. The second-order valence-electron chi connectivity index (χ2n) is 3.24. The Hall–Kier alpha value is -0.550.